The maximum Gasteiger partial charge on any atom is 0.178 e. The molecule has 0 fully saturated rings. The molecule has 0 aliphatic heterocycles. The molecular formula is C13H11BrN2OS2. The maximum atomic E-state index is 5.42. The molecule has 19 heavy (non-hydrogen) atoms. The van der Waals surface area contributed by atoms with Gasteiger partial charge in [-0.25, -0.2) is 0 Å². The zero-order valence-electron chi connectivity index (χ0n) is 10.1. The van der Waals surface area contributed by atoms with E-state index in [1.165, 1.54) is 4.88 Å². The Labute approximate surface area is 128 Å². The minimum Gasteiger partial charge on any atom is -0.494 e. The lowest BCUT2D eigenvalue weighted by atomic mass is 10.3. The Hall–Kier alpha value is -1.11. The number of benzene rings is 1. The normalized spacial score (nSPS) is 11.1. The molecule has 3 aromatic rings. The smallest absolute Gasteiger partial charge is 0.178 e. The molecule has 98 valence electrons. The zero-order chi connectivity index (χ0) is 13.4. The van der Waals surface area contributed by atoms with E-state index in [4.69, 9.17) is 17.0 Å². The number of rotatable bonds is 3. The van der Waals surface area contributed by atoms with Crippen LogP contribution in [0, 0.1) is 4.77 Å². The van der Waals surface area contributed by atoms with Crippen LogP contribution >= 0.6 is 39.5 Å². The third-order valence-corrected chi connectivity index (χ3v) is 5.22. The Morgan fingerprint density at radius 1 is 1.42 bits per heavy atom. The maximum absolute atomic E-state index is 5.42. The molecule has 3 nitrogen and oxygen atoms in total. The first-order valence-corrected chi connectivity index (χ1v) is 7.76. The van der Waals surface area contributed by atoms with Gasteiger partial charge in [0, 0.05) is 9.35 Å². The fraction of sp³-hybridized carbons (Fsp3) is 0.154. The van der Waals surface area contributed by atoms with Crippen LogP contribution in [0.1, 0.15) is 4.88 Å². The van der Waals surface area contributed by atoms with Gasteiger partial charge in [0.25, 0.3) is 0 Å². The first kappa shape index (κ1) is 12.9. The van der Waals surface area contributed by atoms with Gasteiger partial charge in [0.05, 0.1) is 19.2 Å². The Morgan fingerprint density at radius 3 is 2.95 bits per heavy atom. The number of hydrogen-bond donors (Lipinski definition) is 1. The van der Waals surface area contributed by atoms with E-state index in [1.807, 2.05) is 18.2 Å². The highest BCUT2D eigenvalue weighted by atomic mass is 79.9. The minimum atomic E-state index is 0.708. The number of methoxy groups -OCH3 is 1. The SMILES string of the molecule is COc1cccc2c1[nH]c(=S)n2Cc1sccc1Br. The first-order valence-electron chi connectivity index (χ1n) is 5.68. The molecule has 0 aliphatic carbocycles. The quantitative estimate of drug-likeness (QED) is 0.697. The van der Waals surface area contributed by atoms with Crippen LogP contribution in [0.4, 0.5) is 0 Å². The van der Waals surface area contributed by atoms with Gasteiger partial charge in [-0.1, -0.05) is 6.07 Å². The zero-order valence-corrected chi connectivity index (χ0v) is 13.4. The second-order valence-corrected chi connectivity index (χ2v) is 6.30. The van der Waals surface area contributed by atoms with Crippen LogP contribution in [-0.4, -0.2) is 16.7 Å². The number of para-hydroxylation sites is 1. The molecular weight excluding hydrogens is 344 g/mol. The first-order chi connectivity index (χ1) is 9.20. The third kappa shape index (κ3) is 2.24. The van der Waals surface area contributed by atoms with Crippen molar-refractivity contribution in [2.45, 2.75) is 6.54 Å². The summed E-state index contributed by atoms with van der Waals surface area (Å²) in [5.74, 6) is 0.813. The van der Waals surface area contributed by atoms with E-state index in [2.05, 4.69) is 36.9 Å². The Balaban J connectivity index is 2.16. The molecule has 2 aromatic heterocycles. The van der Waals surface area contributed by atoms with Crippen LogP contribution in [0.2, 0.25) is 0 Å². The number of imidazole rings is 1. The van der Waals surface area contributed by atoms with E-state index < -0.39 is 0 Å². The van der Waals surface area contributed by atoms with Crippen molar-refractivity contribution in [3.63, 3.8) is 0 Å². The van der Waals surface area contributed by atoms with Crippen molar-refractivity contribution in [1.29, 1.82) is 0 Å². The number of aromatic amines is 1. The summed E-state index contributed by atoms with van der Waals surface area (Å²) < 4.78 is 9.27. The number of aromatic nitrogens is 2. The van der Waals surface area contributed by atoms with Gasteiger partial charge in [-0.3, -0.25) is 0 Å². The molecule has 0 atom stereocenters. The number of nitrogens with zero attached hydrogens (tertiary/aromatic N) is 1. The molecule has 0 unspecified atom stereocenters. The van der Waals surface area contributed by atoms with Gasteiger partial charge < -0.3 is 14.3 Å². The van der Waals surface area contributed by atoms with Gasteiger partial charge in [0.2, 0.25) is 0 Å². The summed E-state index contributed by atoms with van der Waals surface area (Å²) in [5.41, 5.74) is 2.01. The summed E-state index contributed by atoms with van der Waals surface area (Å²) in [6, 6.07) is 8.01. The van der Waals surface area contributed by atoms with Crippen LogP contribution in [-0.2, 0) is 6.54 Å². The number of hydrogen-bond acceptors (Lipinski definition) is 3. The van der Waals surface area contributed by atoms with Crippen LogP contribution < -0.4 is 4.74 Å². The molecule has 0 spiro atoms. The van der Waals surface area contributed by atoms with E-state index in [0.717, 1.165) is 27.8 Å². The van der Waals surface area contributed by atoms with Crippen LogP contribution in [0.5, 0.6) is 5.75 Å². The van der Waals surface area contributed by atoms with E-state index in [0.29, 0.717) is 4.77 Å². The van der Waals surface area contributed by atoms with Crippen molar-refractivity contribution >= 4 is 50.5 Å². The number of thiophene rings is 1. The summed E-state index contributed by atoms with van der Waals surface area (Å²) in [5, 5.41) is 2.07. The Morgan fingerprint density at radius 2 is 2.26 bits per heavy atom. The van der Waals surface area contributed by atoms with Crippen LogP contribution in [0.15, 0.2) is 34.1 Å². The fourth-order valence-corrected chi connectivity index (χ4v) is 3.79. The standard InChI is InChI=1S/C13H11BrN2OS2/c1-17-10-4-2-3-9-12(10)15-13(18)16(9)7-11-8(14)5-6-19-11/h2-6H,7H2,1H3,(H,15,18). The highest BCUT2D eigenvalue weighted by molar-refractivity contribution is 9.10. The van der Waals surface area contributed by atoms with E-state index in [9.17, 15) is 0 Å². The van der Waals surface area contributed by atoms with Crippen LogP contribution in [0.3, 0.4) is 0 Å². The van der Waals surface area contributed by atoms with Crippen LogP contribution in [0.25, 0.3) is 11.0 Å². The molecule has 0 saturated heterocycles. The number of halogens is 1. The van der Waals surface area contributed by atoms with Crippen molar-refractivity contribution in [3.8, 4) is 5.75 Å². The second kappa shape index (κ2) is 5.11. The third-order valence-electron chi connectivity index (χ3n) is 2.98. The van der Waals surface area contributed by atoms with Crippen molar-refractivity contribution in [3.05, 3.63) is 43.8 Å². The summed E-state index contributed by atoms with van der Waals surface area (Å²) in [6.45, 7) is 0.754. The lowest BCUT2D eigenvalue weighted by Gasteiger charge is -2.04. The van der Waals surface area contributed by atoms with E-state index in [-0.39, 0.29) is 0 Å². The molecule has 0 amide bonds. The predicted octanol–water partition coefficient (Wildman–Crippen LogP) is 4.58. The van der Waals surface area contributed by atoms with Gasteiger partial charge in [-0.2, -0.15) is 0 Å². The number of fused-ring (bicyclic) bond motifs is 1. The largest absolute Gasteiger partial charge is 0.494 e. The minimum absolute atomic E-state index is 0.708. The second-order valence-electron chi connectivity index (χ2n) is 4.06. The lowest BCUT2D eigenvalue weighted by molar-refractivity contribution is 0.419. The summed E-state index contributed by atoms with van der Waals surface area (Å²) in [7, 11) is 1.67. The molecule has 0 aliphatic rings. The van der Waals surface area contributed by atoms with Gasteiger partial charge in [0.15, 0.2) is 4.77 Å². The molecule has 1 N–H and O–H groups in total. The summed E-state index contributed by atoms with van der Waals surface area (Å²) in [6.07, 6.45) is 0. The topological polar surface area (TPSA) is 29.9 Å². The average molecular weight is 355 g/mol. The van der Waals surface area contributed by atoms with Gasteiger partial charge in [0.1, 0.15) is 11.3 Å². The fourth-order valence-electron chi connectivity index (χ4n) is 2.06. The molecule has 0 bridgehead atoms. The van der Waals surface area contributed by atoms with Gasteiger partial charge >= 0.3 is 0 Å². The highest BCUT2D eigenvalue weighted by Crippen LogP contribution is 2.28. The van der Waals surface area contributed by atoms with Crippen molar-refractivity contribution in [1.82, 2.24) is 9.55 Å². The van der Waals surface area contributed by atoms with Gasteiger partial charge in [-0.05, 0) is 51.7 Å². The molecule has 0 radical (unpaired) electrons. The summed E-state index contributed by atoms with van der Waals surface area (Å²) in [4.78, 5) is 4.47. The molecule has 0 saturated carbocycles. The predicted molar refractivity (Wildman–Crippen MR) is 84.8 cm³/mol. The molecule has 6 heteroatoms. The van der Waals surface area contributed by atoms with Gasteiger partial charge in [-0.15, -0.1) is 11.3 Å². The molecule has 1 aromatic carbocycles. The summed E-state index contributed by atoms with van der Waals surface area (Å²) >= 11 is 10.7. The highest BCUT2D eigenvalue weighted by Gasteiger charge is 2.10. The number of nitrogens with one attached hydrogen (secondary N) is 1. The van der Waals surface area contributed by atoms with Crippen molar-refractivity contribution in [2.75, 3.05) is 7.11 Å². The average Bonchev–Trinajstić information content (AvgIpc) is 2.95. The number of ether oxygens (including phenoxy) is 1. The lowest BCUT2D eigenvalue weighted by Crippen LogP contribution is -1.98. The van der Waals surface area contributed by atoms with E-state index >= 15 is 0 Å². The van der Waals surface area contributed by atoms with Crippen molar-refractivity contribution in [2.24, 2.45) is 0 Å². The molecule has 3 rings (SSSR count). The van der Waals surface area contributed by atoms with E-state index in [1.54, 1.807) is 18.4 Å². The molecule has 2 heterocycles. The Bertz CT molecular complexity index is 787. The number of H-pyrrole nitrogens is 1. The Kier molecular flexibility index (Phi) is 3.47. The monoisotopic (exact) mass is 354 g/mol. The van der Waals surface area contributed by atoms with Crippen molar-refractivity contribution < 1.29 is 4.74 Å².